The Morgan fingerprint density at radius 1 is 0.598 bits per heavy atom. The van der Waals surface area contributed by atoms with Crippen molar-refractivity contribution >= 4 is 58.1 Å². The lowest BCUT2D eigenvalue weighted by molar-refractivity contribution is -0.148. The molecule has 2 aliphatic rings. The number of hydrogen-bond donors (Lipinski definition) is 6. The van der Waals surface area contributed by atoms with Crippen LogP contribution >= 0.6 is 22.7 Å². The van der Waals surface area contributed by atoms with E-state index >= 15 is 0 Å². The summed E-state index contributed by atoms with van der Waals surface area (Å²) in [6.45, 7) is 19.4. The fourth-order valence-corrected chi connectivity index (χ4v) is 12.0. The molecule has 4 heterocycles. The number of thiazole rings is 2. The molecule has 24 heteroatoms. The number of likely N-dealkylation sites (tertiary alicyclic amines) is 2. The molecular weight excluding hydrogens is 1100 g/mol. The largest absolute Gasteiger partial charge is 0.491 e. The molecule has 0 radical (unpaired) electrons. The fourth-order valence-electron chi connectivity index (χ4n) is 10.4. The van der Waals surface area contributed by atoms with Crippen LogP contribution in [0.3, 0.4) is 0 Å². The summed E-state index contributed by atoms with van der Waals surface area (Å²) in [5.74, 6) is -2.54. The second-order valence-electron chi connectivity index (χ2n) is 23.1. The predicted octanol–water partition coefficient (Wildman–Crippen LogP) is 3.90. The molecule has 450 valence electrons. The van der Waals surface area contributed by atoms with Gasteiger partial charge in [0.15, 0.2) is 0 Å². The molecule has 2 fully saturated rings. The van der Waals surface area contributed by atoms with Crippen molar-refractivity contribution in [2.24, 2.45) is 22.3 Å². The summed E-state index contributed by atoms with van der Waals surface area (Å²) >= 11 is 2.95. The van der Waals surface area contributed by atoms with Gasteiger partial charge < -0.3 is 70.5 Å². The van der Waals surface area contributed by atoms with Gasteiger partial charge >= 0.3 is 0 Å². The number of β-amino-alcohol motifs (C(OH)–C–C–N with tert-alkyl or cyclic N) is 2. The lowest BCUT2D eigenvalue weighted by Gasteiger charge is -2.40. The topological polar surface area (TPSA) is 307 Å². The first kappa shape index (κ1) is 65.0. The Kier molecular flexibility index (Phi) is 22.6. The van der Waals surface area contributed by atoms with Crippen LogP contribution in [-0.4, -0.2) is 180 Å². The maximum Gasteiger partial charge on any atom is 0.246 e. The van der Waals surface area contributed by atoms with E-state index in [1.807, 2.05) is 91.8 Å². The van der Waals surface area contributed by atoms with Gasteiger partial charge in [0.1, 0.15) is 47.9 Å². The quantitative estimate of drug-likeness (QED) is 0.0420. The highest BCUT2D eigenvalue weighted by Gasteiger charge is 2.56. The third kappa shape index (κ3) is 16.4. The van der Waals surface area contributed by atoms with Crippen LogP contribution in [0.25, 0.3) is 20.9 Å². The van der Waals surface area contributed by atoms with Gasteiger partial charge in [-0.1, -0.05) is 65.8 Å². The number of aliphatic hydroxyl groups is 2. The first-order valence-corrected chi connectivity index (χ1v) is 29.2. The molecular formula is C58H82N8O14S2. The van der Waals surface area contributed by atoms with Gasteiger partial charge in [-0.05, 0) is 59.1 Å². The molecule has 4 aromatic rings. The van der Waals surface area contributed by atoms with Crippen molar-refractivity contribution in [3.8, 4) is 32.4 Å². The number of primary amides is 2. The van der Waals surface area contributed by atoms with E-state index in [2.05, 4.69) is 20.6 Å². The number of nitrogens with two attached hydrogens (primary N) is 2. The Hall–Kier alpha value is -6.12. The molecule has 2 saturated heterocycles. The van der Waals surface area contributed by atoms with Crippen molar-refractivity contribution in [2.75, 3.05) is 79.2 Å². The van der Waals surface area contributed by atoms with Crippen molar-refractivity contribution in [2.45, 2.75) is 130 Å². The molecule has 82 heavy (non-hydrogen) atoms. The molecule has 2 aliphatic heterocycles. The standard InChI is InChI=1S/C58H82N8O14S2/c1-35-47(81-33-61-35)39-11-13-41(27-57(53(59)73)29-43(69)31-65(57)51(71)49(55(5,6)7)63-37(3)67)45(25-39)79-23-21-77-19-17-75-15-16-76-18-20-78-22-24-80-46-26-40(48-36(2)62-34-82-48)12-14-42(46)28-58(54(60)74)30-44(70)32-66(58)52(72)50(56(8,9)10)64-38(4)68/h11-14,25-26,33-34,43-44,49-50,69-70H,15-24,27-32H2,1-10H3,(H2,59,73)(H2,60,74)(H,63,67)(H,64,68)/t43?,44?,49-,50-,57?,58?/m1/s1. The number of rotatable bonds is 29. The van der Waals surface area contributed by atoms with Gasteiger partial charge in [-0.3, -0.25) is 28.8 Å². The van der Waals surface area contributed by atoms with E-state index in [4.69, 9.17) is 39.9 Å². The predicted molar refractivity (Wildman–Crippen MR) is 309 cm³/mol. The van der Waals surface area contributed by atoms with E-state index in [1.54, 1.807) is 11.0 Å². The highest BCUT2D eigenvalue weighted by Crippen LogP contribution is 2.42. The number of carbonyl (C=O) groups excluding carboxylic acids is 6. The van der Waals surface area contributed by atoms with Crippen LogP contribution in [0.5, 0.6) is 11.5 Å². The summed E-state index contributed by atoms with van der Waals surface area (Å²) in [4.78, 5) is 93.3. The highest BCUT2D eigenvalue weighted by atomic mass is 32.1. The van der Waals surface area contributed by atoms with E-state index < -0.39 is 81.6 Å². The summed E-state index contributed by atoms with van der Waals surface area (Å²) in [5, 5.41) is 27.4. The zero-order chi connectivity index (χ0) is 60.2. The minimum atomic E-state index is -1.62. The minimum Gasteiger partial charge on any atom is -0.491 e. The summed E-state index contributed by atoms with van der Waals surface area (Å²) in [5.41, 5.74) is 15.6. The number of carbonyl (C=O) groups is 6. The number of aryl methyl sites for hydroxylation is 2. The van der Waals surface area contributed by atoms with Crippen molar-refractivity contribution in [3.63, 3.8) is 0 Å². The van der Waals surface area contributed by atoms with Crippen LogP contribution in [0.4, 0.5) is 0 Å². The third-order valence-electron chi connectivity index (χ3n) is 14.5. The second-order valence-corrected chi connectivity index (χ2v) is 24.8. The van der Waals surface area contributed by atoms with Crippen molar-refractivity contribution < 1.29 is 67.4 Å². The first-order chi connectivity index (χ1) is 38.7. The molecule has 8 N–H and O–H groups in total. The normalized spacial score (nSPS) is 19.9. The van der Waals surface area contributed by atoms with Crippen LogP contribution in [0, 0.1) is 24.7 Å². The maximum absolute atomic E-state index is 14.2. The molecule has 0 aliphatic carbocycles. The van der Waals surface area contributed by atoms with Crippen molar-refractivity contribution in [3.05, 3.63) is 69.9 Å². The molecule has 6 amide bonds. The number of aliphatic hydroxyl groups excluding tert-OH is 2. The Morgan fingerprint density at radius 3 is 1.21 bits per heavy atom. The van der Waals surface area contributed by atoms with Crippen molar-refractivity contribution in [1.82, 2.24) is 30.4 Å². The van der Waals surface area contributed by atoms with Gasteiger partial charge in [-0.25, -0.2) is 9.97 Å². The number of ether oxygens (including phenoxy) is 6. The molecule has 0 bridgehead atoms. The number of nitrogens with zero attached hydrogens (tertiary/aromatic N) is 4. The number of aromatic nitrogens is 2. The van der Waals surface area contributed by atoms with Crippen molar-refractivity contribution in [1.29, 1.82) is 0 Å². The molecule has 0 saturated carbocycles. The number of nitrogens with one attached hydrogen (secondary N) is 2. The second kappa shape index (κ2) is 28.4. The summed E-state index contributed by atoms with van der Waals surface area (Å²) in [6.07, 6.45) is -2.37. The maximum atomic E-state index is 14.2. The molecule has 0 spiro atoms. The average Bonchev–Trinajstić information content (AvgIpc) is 4.11. The highest BCUT2D eigenvalue weighted by molar-refractivity contribution is 7.13. The third-order valence-corrected chi connectivity index (χ3v) is 16.5. The fraction of sp³-hybridized carbons (Fsp3) is 0.586. The van der Waals surface area contributed by atoms with E-state index in [0.29, 0.717) is 49.1 Å². The Labute approximate surface area is 487 Å². The zero-order valence-corrected chi connectivity index (χ0v) is 50.4. The number of benzene rings is 2. The molecule has 4 unspecified atom stereocenters. The smallest absolute Gasteiger partial charge is 0.246 e. The number of hydrogen-bond acceptors (Lipinski definition) is 18. The summed E-state index contributed by atoms with van der Waals surface area (Å²) < 4.78 is 35.7. The van der Waals surface area contributed by atoms with E-state index in [1.165, 1.54) is 46.3 Å². The van der Waals surface area contributed by atoms with E-state index in [-0.39, 0.29) is 78.4 Å². The Morgan fingerprint density at radius 2 is 0.927 bits per heavy atom. The van der Waals surface area contributed by atoms with Crippen LogP contribution in [0.1, 0.15) is 90.7 Å². The van der Waals surface area contributed by atoms with E-state index in [9.17, 15) is 39.0 Å². The van der Waals surface area contributed by atoms with E-state index in [0.717, 1.165) is 32.3 Å². The van der Waals surface area contributed by atoms with Gasteiger partial charge in [0.2, 0.25) is 35.4 Å². The van der Waals surface area contributed by atoms with Crippen LogP contribution < -0.4 is 31.6 Å². The van der Waals surface area contributed by atoms with Crippen LogP contribution in [0.15, 0.2) is 47.4 Å². The summed E-state index contributed by atoms with van der Waals surface area (Å²) in [7, 11) is 0. The molecule has 2 aromatic heterocycles. The first-order valence-electron chi connectivity index (χ1n) is 27.4. The van der Waals surface area contributed by atoms with Crippen LogP contribution in [0.2, 0.25) is 0 Å². The van der Waals surface area contributed by atoms with Gasteiger partial charge in [-0.15, -0.1) is 22.7 Å². The van der Waals surface area contributed by atoms with Crippen LogP contribution in [-0.2, 0) is 60.6 Å². The molecule has 22 nitrogen and oxygen atoms in total. The lowest BCUT2D eigenvalue weighted by atomic mass is 9.82. The van der Waals surface area contributed by atoms with Gasteiger partial charge in [0.25, 0.3) is 0 Å². The minimum absolute atomic E-state index is 0.0511. The van der Waals surface area contributed by atoms with Gasteiger partial charge in [0, 0.05) is 52.6 Å². The lowest BCUT2D eigenvalue weighted by Crippen LogP contribution is -2.63. The Balaban J connectivity index is 0.964. The Bertz CT molecular complexity index is 2680. The molecule has 2 aromatic carbocycles. The SMILES string of the molecule is CC(=O)N[C@H](C(=O)N1CC(O)CC1(Cc1ccc(-c2scnc2C)cc1OCCOCCOCCOCCOCCOc1cc(-c2scnc2C)ccc1CC1(C(N)=O)CC(O)CN1C(=O)[C@@H](NC(C)=O)C(C)(C)C)C(N)=O)C(C)(C)C. The average molecular weight is 1180 g/mol. The molecule has 6 atom stereocenters. The number of amides is 6. The summed E-state index contributed by atoms with van der Waals surface area (Å²) in [6, 6.07) is 9.17. The molecule has 6 rings (SSSR count). The monoisotopic (exact) mass is 1180 g/mol. The zero-order valence-electron chi connectivity index (χ0n) is 48.8. The van der Waals surface area contributed by atoms with Gasteiger partial charge in [0.05, 0.1) is 97.2 Å². The van der Waals surface area contributed by atoms with Gasteiger partial charge in [-0.2, -0.15) is 0 Å².